The lowest BCUT2D eigenvalue weighted by Gasteiger charge is -2.10. The third kappa shape index (κ3) is 4.43. The molecule has 0 radical (unpaired) electrons. The van der Waals surface area contributed by atoms with Gasteiger partial charge in [-0.2, -0.15) is 0 Å². The second kappa shape index (κ2) is 8.92. The minimum Gasteiger partial charge on any atom is -0.489 e. The highest BCUT2D eigenvalue weighted by Gasteiger charge is 2.30. The number of nitrogen functional groups attached to an aromatic ring is 1. The largest absolute Gasteiger partial charge is 0.489 e. The van der Waals surface area contributed by atoms with Crippen LogP contribution in [0.1, 0.15) is 36.0 Å². The van der Waals surface area contributed by atoms with Crippen molar-refractivity contribution in [2.24, 2.45) is 0 Å². The van der Waals surface area contributed by atoms with Gasteiger partial charge < -0.3 is 15.2 Å². The van der Waals surface area contributed by atoms with E-state index >= 15 is 0 Å². The first-order valence-electron chi connectivity index (χ1n) is 11.6. The first-order chi connectivity index (χ1) is 17.5. The van der Waals surface area contributed by atoms with Gasteiger partial charge in [-0.3, -0.25) is 4.40 Å². The van der Waals surface area contributed by atoms with E-state index in [2.05, 4.69) is 15.0 Å². The number of hydrogen-bond donors (Lipinski definition) is 1. The van der Waals surface area contributed by atoms with E-state index in [1.807, 2.05) is 41.8 Å². The Labute approximate surface area is 206 Å². The van der Waals surface area contributed by atoms with Gasteiger partial charge in [0, 0.05) is 60.0 Å². The summed E-state index contributed by atoms with van der Waals surface area (Å²) in [6, 6.07) is 11.7. The van der Waals surface area contributed by atoms with Gasteiger partial charge in [0.05, 0.1) is 0 Å². The molecule has 0 spiro atoms. The van der Waals surface area contributed by atoms with Crippen molar-refractivity contribution in [1.82, 2.24) is 24.3 Å². The number of fused-ring (bicyclic) bond motifs is 1. The Morgan fingerprint density at radius 1 is 1.00 bits per heavy atom. The Kier molecular flexibility index (Phi) is 5.44. The van der Waals surface area contributed by atoms with E-state index in [-0.39, 0.29) is 6.61 Å². The van der Waals surface area contributed by atoms with Crippen LogP contribution in [-0.4, -0.2) is 24.3 Å². The summed E-state index contributed by atoms with van der Waals surface area (Å²) >= 11 is 0. The summed E-state index contributed by atoms with van der Waals surface area (Å²) in [5.74, 6) is 3.36. The number of ether oxygens (including phenoxy) is 2. The van der Waals surface area contributed by atoms with Crippen LogP contribution in [0.25, 0.3) is 16.8 Å². The number of nitrogens with two attached hydrogens (primary N) is 1. The average molecular weight is 483 g/mol. The fourth-order valence-corrected chi connectivity index (χ4v) is 4.07. The molecule has 3 heterocycles. The summed E-state index contributed by atoms with van der Waals surface area (Å²) in [5, 5.41) is 0. The number of halogens is 1. The monoisotopic (exact) mass is 482 g/mol. The maximum Gasteiger partial charge on any atom is 0.150 e. The maximum absolute atomic E-state index is 14.2. The van der Waals surface area contributed by atoms with Gasteiger partial charge >= 0.3 is 0 Å². The molecule has 0 saturated heterocycles. The molecular weight excluding hydrogens is 459 g/mol. The minimum atomic E-state index is -0.459. The van der Waals surface area contributed by atoms with Crippen LogP contribution in [0, 0.1) is 12.7 Å². The summed E-state index contributed by atoms with van der Waals surface area (Å²) in [4.78, 5) is 17.4. The zero-order chi connectivity index (χ0) is 24.6. The van der Waals surface area contributed by atoms with Gasteiger partial charge in [0.25, 0.3) is 0 Å². The molecule has 2 N–H and O–H groups in total. The molecule has 5 aromatic rings. The van der Waals surface area contributed by atoms with Gasteiger partial charge in [0.1, 0.15) is 58.3 Å². The lowest BCUT2D eigenvalue weighted by molar-refractivity contribution is 0.301. The maximum atomic E-state index is 14.2. The Hall–Kier alpha value is -4.53. The fourth-order valence-electron chi connectivity index (χ4n) is 4.07. The van der Waals surface area contributed by atoms with E-state index in [0.29, 0.717) is 34.8 Å². The summed E-state index contributed by atoms with van der Waals surface area (Å²) in [6.07, 6.45) is 9.23. The first-order valence-corrected chi connectivity index (χ1v) is 11.6. The molecule has 0 aliphatic heterocycles. The minimum absolute atomic E-state index is 0.220. The highest BCUT2D eigenvalue weighted by molar-refractivity contribution is 5.85. The molecule has 0 bridgehead atoms. The number of rotatable bonds is 7. The smallest absolute Gasteiger partial charge is 0.150 e. The summed E-state index contributed by atoms with van der Waals surface area (Å²) < 4.78 is 27.9. The van der Waals surface area contributed by atoms with Gasteiger partial charge in [0.15, 0.2) is 0 Å². The standard InChI is InChI=1S/C27H23FN6O2/c1-16-31-13-17(14-32-16)15-35-22-10-20(28)11-23(12-22)36-21-6-4-18(5-7-21)24-25-26(29)30-8-9-34(25)27(33-24)19-2-3-19/h4-14,19H,2-3,15H2,1H3,(H2,29,30). The second-order valence-electron chi connectivity index (χ2n) is 8.80. The summed E-state index contributed by atoms with van der Waals surface area (Å²) in [5.41, 5.74) is 9.48. The Morgan fingerprint density at radius 3 is 2.50 bits per heavy atom. The molecule has 36 heavy (non-hydrogen) atoms. The molecule has 180 valence electrons. The van der Waals surface area contributed by atoms with Gasteiger partial charge in [-0.15, -0.1) is 0 Å². The van der Waals surface area contributed by atoms with Crippen LogP contribution < -0.4 is 15.2 Å². The zero-order valence-corrected chi connectivity index (χ0v) is 19.6. The molecule has 0 unspecified atom stereocenters. The topological polar surface area (TPSA) is 100 Å². The third-order valence-corrected chi connectivity index (χ3v) is 6.00. The van der Waals surface area contributed by atoms with Crippen molar-refractivity contribution in [3.05, 3.63) is 90.3 Å². The van der Waals surface area contributed by atoms with Crippen molar-refractivity contribution < 1.29 is 13.9 Å². The van der Waals surface area contributed by atoms with Crippen LogP contribution in [0.5, 0.6) is 17.2 Å². The highest BCUT2D eigenvalue weighted by Crippen LogP contribution is 2.42. The van der Waals surface area contributed by atoms with Crippen molar-refractivity contribution in [2.45, 2.75) is 32.3 Å². The molecule has 9 heteroatoms. The number of anilines is 1. The van der Waals surface area contributed by atoms with Gasteiger partial charge in [0.2, 0.25) is 0 Å². The van der Waals surface area contributed by atoms with Gasteiger partial charge in [-0.05, 0) is 44.0 Å². The number of benzene rings is 2. The Morgan fingerprint density at radius 2 is 1.75 bits per heavy atom. The first kappa shape index (κ1) is 22.0. The van der Waals surface area contributed by atoms with E-state index in [0.717, 1.165) is 41.0 Å². The normalized spacial score (nSPS) is 13.2. The highest BCUT2D eigenvalue weighted by atomic mass is 19.1. The lowest BCUT2D eigenvalue weighted by atomic mass is 10.1. The van der Waals surface area contributed by atoms with Crippen LogP contribution in [0.15, 0.2) is 67.3 Å². The molecule has 2 aromatic carbocycles. The van der Waals surface area contributed by atoms with Crippen LogP contribution in [0.3, 0.4) is 0 Å². The number of aromatic nitrogens is 5. The molecule has 1 saturated carbocycles. The van der Waals surface area contributed by atoms with Gasteiger partial charge in [-0.1, -0.05) is 0 Å². The zero-order valence-electron chi connectivity index (χ0n) is 19.6. The lowest BCUT2D eigenvalue weighted by Crippen LogP contribution is -1.99. The van der Waals surface area contributed by atoms with Crippen molar-refractivity contribution in [3.63, 3.8) is 0 Å². The molecule has 0 amide bonds. The Balaban J connectivity index is 1.21. The molecule has 1 fully saturated rings. The predicted molar refractivity (Wildman–Crippen MR) is 132 cm³/mol. The molecule has 3 aromatic heterocycles. The van der Waals surface area contributed by atoms with Crippen LogP contribution in [-0.2, 0) is 6.61 Å². The third-order valence-electron chi connectivity index (χ3n) is 6.00. The van der Waals surface area contributed by atoms with E-state index in [4.69, 9.17) is 20.2 Å². The molecule has 1 aliphatic carbocycles. The van der Waals surface area contributed by atoms with Crippen molar-refractivity contribution in [2.75, 3.05) is 5.73 Å². The molecule has 1 aliphatic rings. The Bertz CT molecular complexity index is 1550. The molecule has 0 atom stereocenters. The summed E-state index contributed by atoms with van der Waals surface area (Å²) in [7, 11) is 0. The number of aryl methyl sites for hydroxylation is 1. The predicted octanol–water partition coefficient (Wildman–Crippen LogP) is 5.46. The fraction of sp³-hybridized carbons (Fsp3) is 0.185. The van der Waals surface area contributed by atoms with E-state index < -0.39 is 5.82 Å². The number of hydrogen-bond acceptors (Lipinski definition) is 7. The van der Waals surface area contributed by atoms with Crippen LogP contribution >= 0.6 is 0 Å². The van der Waals surface area contributed by atoms with Gasteiger partial charge in [-0.25, -0.2) is 24.3 Å². The van der Waals surface area contributed by atoms with Crippen molar-refractivity contribution in [1.29, 1.82) is 0 Å². The van der Waals surface area contributed by atoms with Crippen LogP contribution in [0.4, 0.5) is 10.2 Å². The number of nitrogens with zero attached hydrogens (tertiary/aromatic N) is 5. The molecule has 6 rings (SSSR count). The molecular formula is C27H23FN6O2. The van der Waals surface area contributed by atoms with E-state index in [9.17, 15) is 4.39 Å². The SMILES string of the molecule is Cc1ncc(COc2cc(F)cc(Oc3ccc(-c4nc(C5CC5)n5ccnc(N)c45)cc3)c2)cn1. The number of imidazole rings is 1. The van der Waals surface area contributed by atoms with E-state index in [1.54, 1.807) is 24.7 Å². The molecule has 8 nitrogen and oxygen atoms in total. The average Bonchev–Trinajstić information content (AvgIpc) is 3.64. The second-order valence-corrected chi connectivity index (χ2v) is 8.80. The quantitative estimate of drug-likeness (QED) is 0.328. The van der Waals surface area contributed by atoms with Crippen molar-refractivity contribution in [3.8, 4) is 28.5 Å². The summed E-state index contributed by atoms with van der Waals surface area (Å²) in [6.45, 7) is 2.03. The van der Waals surface area contributed by atoms with Crippen LogP contribution in [0.2, 0.25) is 0 Å². The van der Waals surface area contributed by atoms with E-state index in [1.165, 1.54) is 12.1 Å². The van der Waals surface area contributed by atoms with Crippen molar-refractivity contribution >= 4 is 11.3 Å².